The predicted molar refractivity (Wildman–Crippen MR) is 113 cm³/mol. The van der Waals surface area contributed by atoms with Gasteiger partial charge < -0.3 is 14.5 Å². The van der Waals surface area contributed by atoms with E-state index in [1.807, 2.05) is 0 Å². The minimum Gasteiger partial charge on any atom is -0.378 e. The van der Waals surface area contributed by atoms with Crippen molar-refractivity contribution in [2.75, 3.05) is 53.4 Å². The van der Waals surface area contributed by atoms with E-state index < -0.39 is 0 Å². The van der Waals surface area contributed by atoms with Gasteiger partial charge in [-0.1, -0.05) is 12.1 Å². The topological polar surface area (TPSA) is 19.0 Å². The third-order valence-corrected chi connectivity index (χ3v) is 6.31. The molecule has 0 aromatic heterocycles. The van der Waals surface area contributed by atoms with Crippen LogP contribution in [0.2, 0.25) is 0 Å². The van der Waals surface area contributed by atoms with Gasteiger partial charge in [0.05, 0.1) is 6.10 Å². The van der Waals surface area contributed by atoms with Gasteiger partial charge in [0, 0.05) is 45.9 Å². The molecule has 4 heteroatoms. The summed E-state index contributed by atoms with van der Waals surface area (Å²) >= 11 is 0. The van der Waals surface area contributed by atoms with Crippen molar-refractivity contribution in [1.82, 2.24) is 14.7 Å². The second-order valence-electron chi connectivity index (χ2n) is 8.80. The van der Waals surface area contributed by atoms with Crippen LogP contribution in [-0.4, -0.2) is 74.2 Å². The van der Waals surface area contributed by atoms with Crippen molar-refractivity contribution in [1.29, 1.82) is 0 Å². The second-order valence-corrected chi connectivity index (χ2v) is 8.80. The van der Waals surface area contributed by atoms with E-state index in [0.717, 1.165) is 26.2 Å². The third kappa shape index (κ3) is 6.28. The molecule has 2 aliphatic rings. The van der Waals surface area contributed by atoms with Gasteiger partial charge >= 0.3 is 0 Å². The van der Waals surface area contributed by atoms with Crippen LogP contribution in [-0.2, 0) is 17.8 Å². The Hall–Kier alpha value is -0.940. The molecule has 2 heterocycles. The first-order chi connectivity index (χ1) is 13.0. The third-order valence-electron chi connectivity index (χ3n) is 6.31. The number of piperazine rings is 1. The summed E-state index contributed by atoms with van der Waals surface area (Å²) < 4.78 is 5.75. The lowest BCUT2D eigenvalue weighted by atomic mass is 9.99. The van der Waals surface area contributed by atoms with E-state index in [1.54, 1.807) is 0 Å². The van der Waals surface area contributed by atoms with E-state index in [0.29, 0.717) is 6.10 Å². The Morgan fingerprint density at radius 3 is 2.52 bits per heavy atom. The minimum atomic E-state index is 0.523. The lowest BCUT2D eigenvalue weighted by molar-refractivity contribution is 0.0995. The Kier molecular flexibility index (Phi) is 7.71. The van der Waals surface area contributed by atoms with Crippen molar-refractivity contribution in [2.45, 2.75) is 58.7 Å². The molecule has 0 saturated carbocycles. The average molecular weight is 374 g/mol. The van der Waals surface area contributed by atoms with Crippen molar-refractivity contribution in [3.63, 3.8) is 0 Å². The molecule has 27 heavy (non-hydrogen) atoms. The highest BCUT2D eigenvalue weighted by atomic mass is 16.5. The highest BCUT2D eigenvalue weighted by Gasteiger charge is 2.17. The fourth-order valence-corrected chi connectivity index (χ4v) is 4.37. The molecule has 3 rings (SSSR count). The first-order valence-electron chi connectivity index (χ1n) is 10.8. The summed E-state index contributed by atoms with van der Waals surface area (Å²) in [7, 11) is 4.48. The SMILES string of the molecule is Cc1cc(C)c(CN2CCN(C)CC2)cc1CN(C)CCC[C@@H]1CCCO1. The molecule has 0 bridgehead atoms. The van der Waals surface area contributed by atoms with Gasteiger partial charge in [0.1, 0.15) is 0 Å². The van der Waals surface area contributed by atoms with E-state index in [2.05, 4.69) is 54.8 Å². The number of likely N-dealkylation sites (N-methyl/N-ethyl adjacent to an activating group) is 1. The van der Waals surface area contributed by atoms with Crippen molar-refractivity contribution < 1.29 is 4.74 Å². The molecule has 4 nitrogen and oxygen atoms in total. The first-order valence-corrected chi connectivity index (χ1v) is 10.8. The van der Waals surface area contributed by atoms with E-state index in [9.17, 15) is 0 Å². The Balaban J connectivity index is 1.52. The maximum absolute atomic E-state index is 5.75. The van der Waals surface area contributed by atoms with Crippen LogP contribution in [0.4, 0.5) is 0 Å². The van der Waals surface area contributed by atoms with E-state index >= 15 is 0 Å². The Morgan fingerprint density at radius 1 is 1.07 bits per heavy atom. The van der Waals surface area contributed by atoms with Crippen LogP contribution in [0, 0.1) is 13.8 Å². The number of hydrogen-bond acceptors (Lipinski definition) is 4. The molecule has 1 atom stereocenters. The molecule has 2 saturated heterocycles. The second kappa shape index (κ2) is 10.0. The molecule has 0 unspecified atom stereocenters. The predicted octanol–water partition coefficient (Wildman–Crippen LogP) is 3.44. The monoisotopic (exact) mass is 373 g/mol. The van der Waals surface area contributed by atoms with Gasteiger partial charge in [0.2, 0.25) is 0 Å². The molecule has 0 spiro atoms. The zero-order valence-electron chi connectivity index (χ0n) is 18.0. The van der Waals surface area contributed by atoms with Crippen LogP contribution in [0.1, 0.15) is 47.9 Å². The summed E-state index contributed by atoms with van der Waals surface area (Å²) in [6.45, 7) is 13.5. The van der Waals surface area contributed by atoms with Crippen LogP contribution in [0.5, 0.6) is 0 Å². The molecule has 0 radical (unpaired) electrons. The molecule has 152 valence electrons. The van der Waals surface area contributed by atoms with Crippen LogP contribution >= 0.6 is 0 Å². The average Bonchev–Trinajstić information content (AvgIpc) is 3.14. The van der Waals surface area contributed by atoms with E-state index in [1.165, 1.54) is 74.1 Å². The zero-order valence-corrected chi connectivity index (χ0v) is 18.0. The van der Waals surface area contributed by atoms with Crippen molar-refractivity contribution >= 4 is 0 Å². The summed E-state index contributed by atoms with van der Waals surface area (Å²) in [4.78, 5) is 7.51. The van der Waals surface area contributed by atoms with E-state index in [-0.39, 0.29) is 0 Å². The van der Waals surface area contributed by atoms with Gasteiger partial charge in [0.15, 0.2) is 0 Å². The summed E-state index contributed by atoms with van der Waals surface area (Å²) in [5.74, 6) is 0. The fourth-order valence-electron chi connectivity index (χ4n) is 4.37. The molecular formula is C23H39N3O. The Morgan fingerprint density at radius 2 is 1.81 bits per heavy atom. The van der Waals surface area contributed by atoms with Crippen LogP contribution in [0.15, 0.2) is 12.1 Å². The van der Waals surface area contributed by atoms with E-state index in [4.69, 9.17) is 4.74 Å². The lowest BCUT2D eigenvalue weighted by Crippen LogP contribution is -2.44. The smallest absolute Gasteiger partial charge is 0.0576 e. The number of benzene rings is 1. The number of nitrogens with zero attached hydrogens (tertiary/aromatic N) is 3. The molecule has 1 aromatic carbocycles. The summed E-state index contributed by atoms with van der Waals surface area (Å²) in [5.41, 5.74) is 5.87. The molecule has 0 amide bonds. The Bertz CT molecular complexity index is 590. The van der Waals surface area contributed by atoms with Gasteiger partial charge in [-0.15, -0.1) is 0 Å². The van der Waals surface area contributed by atoms with Gasteiger partial charge in [0.25, 0.3) is 0 Å². The lowest BCUT2D eigenvalue weighted by Gasteiger charge is -2.33. The molecule has 1 aromatic rings. The largest absolute Gasteiger partial charge is 0.378 e. The van der Waals surface area contributed by atoms with Crippen LogP contribution in [0.3, 0.4) is 0 Å². The number of rotatable bonds is 8. The fraction of sp³-hybridized carbons (Fsp3) is 0.739. The Labute approximate surface area is 166 Å². The van der Waals surface area contributed by atoms with Crippen molar-refractivity contribution in [2.24, 2.45) is 0 Å². The summed E-state index contributed by atoms with van der Waals surface area (Å²) in [6.07, 6.45) is 5.48. The highest BCUT2D eigenvalue weighted by Crippen LogP contribution is 2.21. The molecule has 0 aliphatic carbocycles. The van der Waals surface area contributed by atoms with Gasteiger partial charge in [-0.3, -0.25) is 4.90 Å². The zero-order chi connectivity index (χ0) is 19.2. The van der Waals surface area contributed by atoms with Crippen molar-refractivity contribution in [3.05, 3.63) is 34.4 Å². The van der Waals surface area contributed by atoms with Crippen LogP contribution < -0.4 is 0 Å². The number of aryl methyl sites for hydroxylation is 2. The maximum Gasteiger partial charge on any atom is 0.0576 e. The molecule has 0 N–H and O–H groups in total. The summed E-state index contributed by atoms with van der Waals surface area (Å²) in [6, 6.07) is 4.86. The number of hydrogen-bond donors (Lipinski definition) is 0. The number of ether oxygens (including phenoxy) is 1. The standard InChI is InChI=1S/C23H39N3O/c1-19-15-20(2)22(18-26-12-10-24(3)11-13-26)16-21(19)17-25(4)9-5-7-23-8-6-14-27-23/h15-16,23H,5-14,17-18H2,1-4H3/t23-/m1/s1. The van der Waals surface area contributed by atoms with Gasteiger partial charge in [-0.2, -0.15) is 0 Å². The van der Waals surface area contributed by atoms with Gasteiger partial charge in [-0.05, 0) is 82.4 Å². The van der Waals surface area contributed by atoms with Crippen LogP contribution in [0.25, 0.3) is 0 Å². The molecule has 2 aliphatic heterocycles. The maximum atomic E-state index is 5.75. The van der Waals surface area contributed by atoms with Crippen molar-refractivity contribution in [3.8, 4) is 0 Å². The molecular weight excluding hydrogens is 334 g/mol. The summed E-state index contributed by atoms with van der Waals surface area (Å²) in [5, 5.41) is 0. The first kappa shape index (κ1) is 20.8. The van der Waals surface area contributed by atoms with Gasteiger partial charge in [-0.25, -0.2) is 0 Å². The molecule has 2 fully saturated rings. The quantitative estimate of drug-likeness (QED) is 0.695. The minimum absolute atomic E-state index is 0.523. The highest BCUT2D eigenvalue weighted by molar-refractivity contribution is 5.37. The normalized spacial score (nSPS) is 22.0.